The Bertz CT molecular complexity index is 700. The fourth-order valence-corrected chi connectivity index (χ4v) is 3.44. The van der Waals surface area contributed by atoms with Gasteiger partial charge >= 0.3 is 0 Å². The summed E-state index contributed by atoms with van der Waals surface area (Å²) in [6.07, 6.45) is 2.70. The van der Waals surface area contributed by atoms with Crippen LogP contribution in [-0.2, 0) is 6.54 Å². The van der Waals surface area contributed by atoms with Crippen LogP contribution in [0.15, 0.2) is 17.1 Å². The van der Waals surface area contributed by atoms with Crippen LogP contribution >= 0.6 is 11.3 Å². The second kappa shape index (κ2) is 5.79. The first-order valence-corrected chi connectivity index (χ1v) is 7.70. The minimum atomic E-state index is -0.0670. The molecule has 2 rings (SSSR count). The predicted molar refractivity (Wildman–Crippen MR) is 83.7 cm³/mol. The highest BCUT2D eigenvalue weighted by Crippen LogP contribution is 2.29. The van der Waals surface area contributed by atoms with E-state index in [1.54, 1.807) is 22.7 Å². The van der Waals surface area contributed by atoms with Gasteiger partial charge in [0.15, 0.2) is 0 Å². The van der Waals surface area contributed by atoms with Crippen molar-refractivity contribution in [3.63, 3.8) is 0 Å². The van der Waals surface area contributed by atoms with Gasteiger partial charge in [0.25, 0.3) is 11.5 Å². The Hall–Kier alpha value is -1.62. The van der Waals surface area contributed by atoms with Gasteiger partial charge in [0.2, 0.25) is 0 Å². The molecule has 0 aromatic carbocycles. The number of carbonyl (C=O) groups is 1. The summed E-state index contributed by atoms with van der Waals surface area (Å²) in [6, 6.07) is 1.93. The minimum Gasteiger partial charge on any atom is -0.342 e. The molecule has 0 spiro atoms. The third-order valence-corrected chi connectivity index (χ3v) is 4.52. The SMILES string of the molecule is CCCN(C)C(=O)c1c(C)sc2ccn(CC)c(=O)c12. The molecule has 2 aromatic heterocycles. The maximum atomic E-state index is 12.6. The molecular formula is C15H20N2O2S. The Morgan fingerprint density at radius 1 is 1.40 bits per heavy atom. The van der Waals surface area contributed by atoms with E-state index in [0.29, 0.717) is 24.0 Å². The Morgan fingerprint density at radius 2 is 2.10 bits per heavy atom. The molecule has 5 heteroatoms. The molecule has 0 aliphatic carbocycles. The van der Waals surface area contributed by atoms with Crippen molar-refractivity contribution < 1.29 is 4.79 Å². The summed E-state index contributed by atoms with van der Waals surface area (Å²) in [5.74, 6) is -0.0541. The van der Waals surface area contributed by atoms with E-state index in [0.717, 1.165) is 16.0 Å². The highest BCUT2D eigenvalue weighted by molar-refractivity contribution is 7.19. The van der Waals surface area contributed by atoms with Crippen LogP contribution in [0, 0.1) is 6.92 Å². The lowest BCUT2D eigenvalue weighted by Crippen LogP contribution is -2.29. The number of hydrogen-bond acceptors (Lipinski definition) is 3. The van der Waals surface area contributed by atoms with E-state index in [1.807, 2.05) is 26.8 Å². The number of carbonyl (C=O) groups excluding carboxylic acids is 1. The fourth-order valence-electron chi connectivity index (χ4n) is 2.40. The van der Waals surface area contributed by atoms with E-state index in [1.165, 1.54) is 11.3 Å². The number of hydrogen-bond donors (Lipinski definition) is 0. The molecule has 0 bridgehead atoms. The van der Waals surface area contributed by atoms with Crippen LogP contribution in [0.1, 0.15) is 35.5 Å². The zero-order valence-corrected chi connectivity index (χ0v) is 13.2. The quantitative estimate of drug-likeness (QED) is 0.869. The molecule has 0 aliphatic rings. The van der Waals surface area contributed by atoms with Gasteiger partial charge in [0.05, 0.1) is 10.9 Å². The van der Waals surface area contributed by atoms with Gasteiger partial charge in [-0.2, -0.15) is 0 Å². The van der Waals surface area contributed by atoms with Gasteiger partial charge in [-0.25, -0.2) is 0 Å². The first-order chi connectivity index (χ1) is 9.51. The molecule has 0 saturated carbocycles. The van der Waals surface area contributed by atoms with E-state index >= 15 is 0 Å². The Balaban J connectivity index is 2.66. The Labute approximate surface area is 122 Å². The maximum absolute atomic E-state index is 12.6. The van der Waals surface area contributed by atoms with E-state index in [-0.39, 0.29) is 11.5 Å². The van der Waals surface area contributed by atoms with E-state index in [2.05, 4.69) is 0 Å². The molecule has 20 heavy (non-hydrogen) atoms. The molecule has 0 N–H and O–H groups in total. The average Bonchev–Trinajstić information content (AvgIpc) is 2.75. The van der Waals surface area contributed by atoms with Crippen LogP contribution in [0.3, 0.4) is 0 Å². The van der Waals surface area contributed by atoms with Gasteiger partial charge < -0.3 is 9.47 Å². The average molecular weight is 292 g/mol. The molecule has 0 saturated heterocycles. The van der Waals surface area contributed by atoms with Gasteiger partial charge in [-0.1, -0.05) is 6.92 Å². The summed E-state index contributed by atoms with van der Waals surface area (Å²) in [5.41, 5.74) is 0.511. The van der Waals surface area contributed by atoms with Gasteiger partial charge in [0.1, 0.15) is 0 Å². The maximum Gasteiger partial charge on any atom is 0.260 e. The molecule has 108 valence electrons. The van der Waals surface area contributed by atoms with Crippen molar-refractivity contribution in [3.8, 4) is 0 Å². The number of nitrogens with zero attached hydrogens (tertiary/aromatic N) is 2. The van der Waals surface area contributed by atoms with Crippen LogP contribution in [-0.4, -0.2) is 29.0 Å². The van der Waals surface area contributed by atoms with E-state index < -0.39 is 0 Å². The number of rotatable bonds is 4. The zero-order valence-electron chi connectivity index (χ0n) is 12.4. The van der Waals surface area contributed by atoms with Gasteiger partial charge in [-0.3, -0.25) is 9.59 Å². The number of aryl methyl sites for hydroxylation is 2. The molecule has 0 atom stereocenters. The number of pyridine rings is 1. The molecule has 0 aliphatic heterocycles. The van der Waals surface area contributed by atoms with Crippen molar-refractivity contribution in [2.24, 2.45) is 0 Å². The van der Waals surface area contributed by atoms with Crippen LogP contribution in [0.25, 0.3) is 10.1 Å². The lowest BCUT2D eigenvalue weighted by atomic mass is 10.1. The van der Waals surface area contributed by atoms with Gasteiger partial charge in [-0.05, 0) is 26.3 Å². The van der Waals surface area contributed by atoms with Crippen LogP contribution < -0.4 is 5.56 Å². The lowest BCUT2D eigenvalue weighted by Gasteiger charge is -2.16. The highest BCUT2D eigenvalue weighted by atomic mass is 32.1. The molecule has 0 fully saturated rings. The molecule has 0 radical (unpaired) electrons. The molecule has 0 unspecified atom stereocenters. The van der Waals surface area contributed by atoms with Crippen LogP contribution in [0.4, 0.5) is 0 Å². The first-order valence-electron chi connectivity index (χ1n) is 6.89. The number of thiophene rings is 1. The van der Waals surface area contributed by atoms with Crippen molar-refractivity contribution in [1.82, 2.24) is 9.47 Å². The normalized spacial score (nSPS) is 11.0. The summed E-state index contributed by atoms with van der Waals surface area (Å²) >= 11 is 1.52. The third-order valence-electron chi connectivity index (χ3n) is 3.45. The summed E-state index contributed by atoms with van der Waals surface area (Å²) in [4.78, 5) is 27.7. The van der Waals surface area contributed by atoms with Crippen molar-refractivity contribution in [2.45, 2.75) is 33.7 Å². The largest absolute Gasteiger partial charge is 0.342 e. The van der Waals surface area contributed by atoms with Crippen molar-refractivity contribution in [2.75, 3.05) is 13.6 Å². The van der Waals surface area contributed by atoms with E-state index in [9.17, 15) is 9.59 Å². The Kier molecular flexibility index (Phi) is 4.28. The molecule has 1 amide bonds. The van der Waals surface area contributed by atoms with Crippen LogP contribution in [0.5, 0.6) is 0 Å². The zero-order chi connectivity index (χ0) is 14.9. The summed E-state index contributed by atoms with van der Waals surface area (Å²) in [6.45, 7) is 7.18. The molecular weight excluding hydrogens is 272 g/mol. The molecule has 4 nitrogen and oxygen atoms in total. The third kappa shape index (κ3) is 2.38. The second-order valence-corrected chi connectivity index (χ2v) is 6.16. The van der Waals surface area contributed by atoms with E-state index in [4.69, 9.17) is 0 Å². The highest BCUT2D eigenvalue weighted by Gasteiger charge is 2.22. The summed E-state index contributed by atoms with van der Waals surface area (Å²) < 4.78 is 2.54. The standard InChI is InChI=1S/C15H20N2O2S/c1-5-8-16(4)14(18)12-10(3)20-11-7-9-17(6-2)15(19)13(11)12/h7,9H,5-6,8H2,1-4H3. The topological polar surface area (TPSA) is 42.3 Å². The predicted octanol–water partition coefficient (Wildman–Crippen LogP) is 2.87. The monoisotopic (exact) mass is 292 g/mol. The van der Waals surface area contributed by atoms with Crippen molar-refractivity contribution in [1.29, 1.82) is 0 Å². The van der Waals surface area contributed by atoms with Crippen molar-refractivity contribution >= 4 is 27.3 Å². The number of aromatic nitrogens is 1. The number of amides is 1. The molecule has 2 aromatic rings. The summed E-state index contributed by atoms with van der Waals surface area (Å²) in [5, 5.41) is 0.574. The minimum absolute atomic E-state index is 0.0541. The lowest BCUT2D eigenvalue weighted by molar-refractivity contribution is 0.0797. The smallest absolute Gasteiger partial charge is 0.260 e. The van der Waals surface area contributed by atoms with Crippen LogP contribution in [0.2, 0.25) is 0 Å². The Morgan fingerprint density at radius 3 is 2.70 bits per heavy atom. The summed E-state index contributed by atoms with van der Waals surface area (Å²) in [7, 11) is 1.79. The van der Waals surface area contributed by atoms with Gasteiger partial charge in [-0.15, -0.1) is 11.3 Å². The second-order valence-electron chi connectivity index (χ2n) is 4.91. The molecule has 2 heterocycles. The van der Waals surface area contributed by atoms with Gasteiger partial charge in [0, 0.05) is 35.9 Å². The first kappa shape index (κ1) is 14.8. The van der Waals surface area contributed by atoms with Crippen molar-refractivity contribution in [3.05, 3.63) is 33.1 Å². The number of fused-ring (bicyclic) bond motifs is 1. The fraction of sp³-hybridized carbons (Fsp3) is 0.467.